The molecule has 2 aromatic rings. The van der Waals surface area contributed by atoms with Gasteiger partial charge in [-0.2, -0.15) is 0 Å². The highest BCUT2D eigenvalue weighted by Gasteiger charge is 2.20. The van der Waals surface area contributed by atoms with Gasteiger partial charge in [0.15, 0.2) is 9.84 Å². The van der Waals surface area contributed by atoms with Crippen molar-refractivity contribution < 1.29 is 22.7 Å². The second-order valence-corrected chi connectivity index (χ2v) is 6.59. The van der Waals surface area contributed by atoms with E-state index in [0.29, 0.717) is 0 Å². The summed E-state index contributed by atoms with van der Waals surface area (Å²) in [7, 11) is -3.40. The molecule has 6 nitrogen and oxygen atoms in total. The van der Waals surface area contributed by atoms with Crippen LogP contribution in [0.25, 0.3) is 11.0 Å². The summed E-state index contributed by atoms with van der Waals surface area (Å²) in [5, 5.41) is 9.14. The van der Waals surface area contributed by atoms with Crippen molar-refractivity contribution in [2.24, 2.45) is 0 Å². The number of hydrogen-bond donors (Lipinski definition) is 2. The molecule has 0 aliphatic rings. The summed E-state index contributed by atoms with van der Waals surface area (Å²) in [6.45, 7) is 4.36. The van der Waals surface area contributed by atoms with Gasteiger partial charge in [-0.05, 0) is 18.2 Å². The normalized spacial score (nSPS) is 11.0. The second kappa shape index (κ2) is 6.62. The Morgan fingerprint density at radius 1 is 1.29 bits per heavy atom. The maximum absolute atomic E-state index is 11.4. The summed E-state index contributed by atoms with van der Waals surface area (Å²) < 4.78 is 27.7. The van der Waals surface area contributed by atoms with Gasteiger partial charge in [0.25, 0.3) is 0 Å². The molecule has 1 heterocycles. The van der Waals surface area contributed by atoms with Crippen LogP contribution in [0.1, 0.15) is 37.0 Å². The summed E-state index contributed by atoms with van der Waals surface area (Å²) in [5.41, 5.74) is 5.44. The first-order valence-corrected chi connectivity index (χ1v) is 8.36. The van der Waals surface area contributed by atoms with Crippen LogP contribution in [0.2, 0.25) is 0 Å². The fraction of sp³-hybridized carbons (Fsp3) is 0.357. The molecule has 1 aromatic heterocycles. The maximum Gasteiger partial charge on any atom is 0.341 e. The van der Waals surface area contributed by atoms with E-state index < -0.39 is 15.8 Å². The molecule has 0 aliphatic heterocycles. The molecule has 0 fully saturated rings. The molecule has 1 aromatic carbocycles. The lowest BCUT2D eigenvalue weighted by molar-refractivity contribution is 0.0699. The zero-order valence-corrected chi connectivity index (χ0v) is 13.0. The Labute approximate surface area is 123 Å². The van der Waals surface area contributed by atoms with Gasteiger partial charge >= 0.3 is 5.97 Å². The van der Waals surface area contributed by atoms with Crippen molar-refractivity contribution in [3.05, 3.63) is 23.8 Å². The van der Waals surface area contributed by atoms with Crippen LogP contribution in [0.4, 0.5) is 5.88 Å². The van der Waals surface area contributed by atoms with Crippen molar-refractivity contribution in [1.82, 2.24) is 0 Å². The van der Waals surface area contributed by atoms with E-state index in [1.807, 2.05) is 0 Å². The van der Waals surface area contributed by atoms with Crippen LogP contribution in [0, 0.1) is 0 Å². The van der Waals surface area contributed by atoms with Crippen molar-refractivity contribution in [2.75, 3.05) is 12.0 Å². The first-order valence-electron chi connectivity index (χ1n) is 6.47. The number of unbranched alkanes of at least 4 members (excludes halogenated alkanes) is 1. The monoisotopic (exact) mass is 313 g/mol. The molecule has 3 N–H and O–H groups in total. The smallest absolute Gasteiger partial charge is 0.341 e. The number of anilines is 1. The number of benzene rings is 1. The highest BCUT2D eigenvalue weighted by molar-refractivity contribution is 7.90. The number of aromatic carboxylic acids is 1. The molecule has 2 rings (SSSR count). The number of carboxylic acid groups (broad SMARTS) is 1. The summed E-state index contributed by atoms with van der Waals surface area (Å²) in [4.78, 5) is 11.0. The first-order chi connectivity index (χ1) is 9.72. The van der Waals surface area contributed by atoms with Gasteiger partial charge in [0.05, 0.1) is 4.90 Å². The number of furan rings is 1. The minimum atomic E-state index is -3.40. The van der Waals surface area contributed by atoms with E-state index in [2.05, 4.69) is 13.8 Å². The van der Waals surface area contributed by atoms with Crippen molar-refractivity contribution in [3.8, 4) is 0 Å². The number of hydrogen-bond acceptors (Lipinski definition) is 5. The third kappa shape index (κ3) is 3.98. The Balaban J connectivity index is 0.000000491. The van der Waals surface area contributed by atoms with Crippen LogP contribution >= 0.6 is 0 Å². The number of nitrogens with two attached hydrogens (primary N) is 1. The molecule has 0 saturated heterocycles. The Hall–Kier alpha value is -2.02. The minimum absolute atomic E-state index is 0.0216. The molecule has 0 unspecified atom stereocenters. The average molecular weight is 313 g/mol. The predicted molar refractivity (Wildman–Crippen MR) is 81.3 cm³/mol. The van der Waals surface area contributed by atoms with Gasteiger partial charge in [-0.1, -0.05) is 26.7 Å². The van der Waals surface area contributed by atoms with Gasteiger partial charge in [-0.15, -0.1) is 0 Å². The fourth-order valence-corrected chi connectivity index (χ4v) is 2.19. The van der Waals surface area contributed by atoms with Gasteiger partial charge < -0.3 is 15.3 Å². The summed E-state index contributed by atoms with van der Waals surface area (Å²) in [6, 6.07) is 3.97. The highest BCUT2D eigenvalue weighted by Crippen LogP contribution is 2.29. The van der Waals surface area contributed by atoms with Crippen molar-refractivity contribution in [2.45, 2.75) is 31.6 Å². The lowest BCUT2D eigenvalue weighted by Gasteiger charge is -1.97. The average Bonchev–Trinajstić information content (AvgIpc) is 2.72. The van der Waals surface area contributed by atoms with Gasteiger partial charge in [0.2, 0.25) is 5.88 Å². The summed E-state index contributed by atoms with van der Waals surface area (Å²) in [5.74, 6) is -1.50. The lowest BCUT2D eigenvalue weighted by Crippen LogP contribution is -2.00. The SMILES string of the molecule is CCCC.CS(=O)(=O)c1ccc2oc(N)c(C(=O)O)c2c1. The Morgan fingerprint density at radius 3 is 2.29 bits per heavy atom. The maximum atomic E-state index is 11.4. The number of carbonyl (C=O) groups is 1. The minimum Gasteiger partial charge on any atom is -0.477 e. The Morgan fingerprint density at radius 2 is 1.86 bits per heavy atom. The van der Waals surface area contributed by atoms with E-state index >= 15 is 0 Å². The third-order valence-electron chi connectivity index (χ3n) is 2.83. The third-order valence-corrected chi connectivity index (χ3v) is 3.94. The fourth-order valence-electron chi connectivity index (χ4n) is 1.55. The zero-order valence-electron chi connectivity index (χ0n) is 12.2. The number of carboxylic acids is 1. The molecule has 0 amide bonds. The molecule has 0 aliphatic carbocycles. The number of fused-ring (bicyclic) bond motifs is 1. The Bertz CT molecular complexity index is 744. The molecule has 7 heteroatoms. The van der Waals surface area contributed by atoms with E-state index in [9.17, 15) is 13.2 Å². The van der Waals surface area contributed by atoms with Crippen LogP contribution < -0.4 is 5.73 Å². The van der Waals surface area contributed by atoms with Crippen LogP contribution in [0.5, 0.6) is 0 Å². The molecular weight excluding hydrogens is 294 g/mol. The first kappa shape index (κ1) is 17.0. The van der Waals surface area contributed by atoms with Crippen molar-refractivity contribution in [1.29, 1.82) is 0 Å². The highest BCUT2D eigenvalue weighted by atomic mass is 32.2. The number of rotatable bonds is 3. The van der Waals surface area contributed by atoms with Gasteiger partial charge in [-0.3, -0.25) is 0 Å². The zero-order chi connectivity index (χ0) is 16.2. The molecule has 0 radical (unpaired) electrons. The van der Waals surface area contributed by atoms with Crippen LogP contribution in [0.3, 0.4) is 0 Å². The van der Waals surface area contributed by atoms with Crippen LogP contribution in [0.15, 0.2) is 27.5 Å². The van der Waals surface area contributed by atoms with E-state index in [1.165, 1.54) is 31.0 Å². The lowest BCUT2D eigenvalue weighted by atomic mass is 10.1. The van der Waals surface area contributed by atoms with Gasteiger partial charge in [-0.25, -0.2) is 13.2 Å². The molecule has 0 atom stereocenters. The standard InChI is InChI=1S/C10H9NO5S.C4H10/c1-17(14,15)5-2-3-7-6(4-5)8(10(12)13)9(11)16-7;1-3-4-2/h2-4H,11H2,1H3,(H,12,13);3-4H2,1-2H3. The molecule has 0 saturated carbocycles. The summed E-state index contributed by atoms with van der Waals surface area (Å²) >= 11 is 0. The van der Waals surface area contributed by atoms with Gasteiger partial charge in [0.1, 0.15) is 11.1 Å². The number of sulfone groups is 1. The Kier molecular flexibility index (Phi) is 5.37. The number of nitrogen functional groups attached to an aromatic ring is 1. The molecule has 0 bridgehead atoms. The quantitative estimate of drug-likeness (QED) is 0.901. The van der Waals surface area contributed by atoms with Gasteiger partial charge in [0, 0.05) is 11.6 Å². The summed E-state index contributed by atoms with van der Waals surface area (Å²) in [6.07, 6.45) is 3.68. The largest absolute Gasteiger partial charge is 0.477 e. The molecule has 21 heavy (non-hydrogen) atoms. The van der Waals surface area contributed by atoms with Crippen molar-refractivity contribution >= 4 is 32.7 Å². The molecular formula is C14H19NO5S. The van der Waals surface area contributed by atoms with E-state index in [-0.39, 0.29) is 27.3 Å². The van der Waals surface area contributed by atoms with E-state index in [1.54, 1.807) is 0 Å². The van der Waals surface area contributed by atoms with E-state index in [0.717, 1.165) is 6.26 Å². The van der Waals surface area contributed by atoms with Crippen LogP contribution in [-0.4, -0.2) is 25.7 Å². The second-order valence-electron chi connectivity index (χ2n) is 4.58. The molecule has 116 valence electrons. The molecule has 0 spiro atoms. The van der Waals surface area contributed by atoms with Crippen molar-refractivity contribution in [3.63, 3.8) is 0 Å². The predicted octanol–water partition coefficient (Wildman–Crippen LogP) is 2.92. The van der Waals surface area contributed by atoms with E-state index in [4.69, 9.17) is 15.3 Å². The topological polar surface area (TPSA) is 111 Å². The van der Waals surface area contributed by atoms with Crippen LogP contribution in [-0.2, 0) is 9.84 Å².